The number of halogens is 2. The van der Waals surface area contributed by atoms with Gasteiger partial charge in [-0.2, -0.15) is 0 Å². The molecule has 1 N–H and O–H groups in total. The Morgan fingerprint density at radius 1 is 1.33 bits per heavy atom. The second-order valence-electron chi connectivity index (χ2n) is 5.09. The van der Waals surface area contributed by atoms with Crippen LogP contribution in [0.15, 0.2) is 30.3 Å². The lowest BCUT2D eigenvalue weighted by Gasteiger charge is -2.30. The van der Waals surface area contributed by atoms with Gasteiger partial charge in [-0.25, -0.2) is 8.78 Å². The molecule has 1 aromatic carbocycles. The van der Waals surface area contributed by atoms with Crippen molar-refractivity contribution in [1.29, 1.82) is 0 Å². The van der Waals surface area contributed by atoms with E-state index in [1.54, 1.807) is 0 Å². The van der Waals surface area contributed by atoms with Gasteiger partial charge in [-0.3, -0.25) is 0 Å². The zero-order chi connectivity index (χ0) is 13.2. The number of aliphatic hydroxyl groups is 1. The molecule has 0 bridgehead atoms. The van der Waals surface area contributed by atoms with Gasteiger partial charge in [0.2, 0.25) is 0 Å². The van der Waals surface area contributed by atoms with Crippen molar-refractivity contribution in [3.63, 3.8) is 0 Å². The van der Waals surface area contributed by atoms with Gasteiger partial charge in [0.05, 0.1) is 13.2 Å². The molecule has 100 valence electrons. The molecule has 1 fully saturated rings. The highest BCUT2D eigenvalue weighted by Crippen LogP contribution is 2.47. The molecular formula is C14H18F2O2. The quantitative estimate of drug-likeness (QED) is 0.897. The molecule has 0 amide bonds. The maximum atomic E-state index is 13.4. The molecule has 0 heterocycles. The lowest BCUT2D eigenvalue weighted by atomic mass is 9.92. The first-order valence-corrected chi connectivity index (χ1v) is 6.15. The van der Waals surface area contributed by atoms with Gasteiger partial charge >= 0.3 is 0 Å². The Bertz CT molecular complexity index is 390. The van der Waals surface area contributed by atoms with Gasteiger partial charge in [0.15, 0.2) is 0 Å². The lowest BCUT2D eigenvalue weighted by Crippen LogP contribution is -2.46. The molecule has 2 nitrogen and oxygen atoms in total. The SMILES string of the molecule is C[C@@]1(O)[C@H](COCc2ccccc2)CCC1(F)F. The molecule has 1 aromatic rings. The maximum Gasteiger partial charge on any atom is 0.276 e. The first-order valence-electron chi connectivity index (χ1n) is 6.15. The Hall–Kier alpha value is -1.00. The van der Waals surface area contributed by atoms with Crippen LogP contribution >= 0.6 is 0 Å². The Labute approximate surface area is 106 Å². The van der Waals surface area contributed by atoms with Gasteiger partial charge in [0.25, 0.3) is 5.92 Å². The Kier molecular flexibility index (Phi) is 3.69. The molecular weight excluding hydrogens is 238 g/mol. The third-order valence-corrected chi connectivity index (χ3v) is 3.77. The van der Waals surface area contributed by atoms with Crippen molar-refractivity contribution in [3.8, 4) is 0 Å². The topological polar surface area (TPSA) is 29.5 Å². The van der Waals surface area contributed by atoms with E-state index in [2.05, 4.69) is 0 Å². The molecule has 0 aliphatic heterocycles. The van der Waals surface area contributed by atoms with Crippen molar-refractivity contribution >= 4 is 0 Å². The highest BCUT2D eigenvalue weighted by molar-refractivity contribution is 5.13. The minimum absolute atomic E-state index is 0.164. The van der Waals surface area contributed by atoms with E-state index < -0.39 is 17.4 Å². The smallest absolute Gasteiger partial charge is 0.276 e. The first-order chi connectivity index (χ1) is 8.43. The van der Waals surface area contributed by atoms with Gasteiger partial charge < -0.3 is 9.84 Å². The molecule has 18 heavy (non-hydrogen) atoms. The third kappa shape index (κ3) is 2.54. The van der Waals surface area contributed by atoms with Crippen LogP contribution in [0.1, 0.15) is 25.3 Å². The summed E-state index contributed by atoms with van der Waals surface area (Å²) >= 11 is 0. The zero-order valence-corrected chi connectivity index (χ0v) is 10.4. The van der Waals surface area contributed by atoms with Gasteiger partial charge in [0, 0.05) is 12.3 Å². The van der Waals surface area contributed by atoms with Crippen LogP contribution in [0.3, 0.4) is 0 Å². The van der Waals surface area contributed by atoms with Crippen LogP contribution in [0.2, 0.25) is 0 Å². The summed E-state index contributed by atoms with van der Waals surface area (Å²) in [5, 5.41) is 9.85. The van der Waals surface area contributed by atoms with Crippen LogP contribution in [0.4, 0.5) is 8.78 Å². The Balaban J connectivity index is 1.85. The van der Waals surface area contributed by atoms with Crippen molar-refractivity contribution in [2.75, 3.05) is 6.61 Å². The van der Waals surface area contributed by atoms with E-state index in [-0.39, 0.29) is 13.0 Å². The summed E-state index contributed by atoms with van der Waals surface area (Å²) in [6.45, 7) is 1.76. The van der Waals surface area contributed by atoms with Crippen molar-refractivity contribution in [2.24, 2.45) is 5.92 Å². The first kappa shape index (κ1) is 13.4. The van der Waals surface area contributed by atoms with E-state index in [0.29, 0.717) is 13.0 Å². The fraction of sp³-hybridized carbons (Fsp3) is 0.571. The van der Waals surface area contributed by atoms with Crippen LogP contribution in [-0.4, -0.2) is 23.2 Å². The van der Waals surface area contributed by atoms with E-state index in [0.717, 1.165) is 5.56 Å². The largest absolute Gasteiger partial charge is 0.384 e. The standard InChI is InChI=1S/C14H18F2O2/c1-13(17)12(7-8-14(13,15)16)10-18-9-11-5-3-2-4-6-11/h2-6,12,17H,7-10H2,1H3/t12-,13+/m0/s1. The summed E-state index contributed by atoms with van der Waals surface area (Å²) in [7, 11) is 0. The van der Waals surface area contributed by atoms with E-state index in [1.807, 2.05) is 30.3 Å². The van der Waals surface area contributed by atoms with Crippen LogP contribution in [0.25, 0.3) is 0 Å². The summed E-state index contributed by atoms with van der Waals surface area (Å²) in [6, 6.07) is 9.55. The number of ether oxygens (including phenoxy) is 1. The van der Waals surface area contributed by atoms with Gasteiger partial charge in [-0.05, 0) is 18.9 Å². The van der Waals surface area contributed by atoms with Gasteiger partial charge in [0.1, 0.15) is 5.60 Å². The van der Waals surface area contributed by atoms with Gasteiger partial charge in [-0.15, -0.1) is 0 Å². The minimum atomic E-state index is -3.01. The van der Waals surface area contributed by atoms with Gasteiger partial charge in [-0.1, -0.05) is 30.3 Å². The third-order valence-electron chi connectivity index (χ3n) is 3.77. The summed E-state index contributed by atoms with van der Waals surface area (Å²) in [4.78, 5) is 0. The Morgan fingerprint density at radius 2 is 2.00 bits per heavy atom. The van der Waals surface area contributed by atoms with Crippen molar-refractivity contribution < 1.29 is 18.6 Å². The van der Waals surface area contributed by atoms with E-state index in [4.69, 9.17) is 4.74 Å². The summed E-state index contributed by atoms with van der Waals surface area (Å²) in [5.41, 5.74) is -0.953. The van der Waals surface area contributed by atoms with Crippen LogP contribution in [0.5, 0.6) is 0 Å². The highest BCUT2D eigenvalue weighted by atomic mass is 19.3. The Morgan fingerprint density at radius 3 is 2.56 bits per heavy atom. The zero-order valence-electron chi connectivity index (χ0n) is 10.4. The molecule has 2 atom stereocenters. The number of benzene rings is 1. The van der Waals surface area contributed by atoms with Crippen molar-refractivity contribution in [1.82, 2.24) is 0 Å². The van der Waals surface area contributed by atoms with Crippen molar-refractivity contribution in [3.05, 3.63) is 35.9 Å². The number of hydrogen-bond acceptors (Lipinski definition) is 2. The predicted octanol–water partition coefficient (Wildman–Crippen LogP) is 3.00. The molecule has 0 radical (unpaired) electrons. The molecule has 0 spiro atoms. The molecule has 1 saturated carbocycles. The number of hydrogen-bond donors (Lipinski definition) is 1. The predicted molar refractivity (Wildman–Crippen MR) is 64.4 cm³/mol. The van der Waals surface area contributed by atoms with Crippen LogP contribution < -0.4 is 0 Å². The van der Waals surface area contributed by atoms with Crippen LogP contribution in [0, 0.1) is 5.92 Å². The summed E-state index contributed by atoms with van der Waals surface area (Å²) in [6.07, 6.45) is 0.0359. The molecule has 0 saturated heterocycles. The van der Waals surface area contributed by atoms with E-state index in [9.17, 15) is 13.9 Å². The second-order valence-corrected chi connectivity index (χ2v) is 5.09. The second kappa shape index (κ2) is 4.94. The molecule has 2 rings (SSSR count). The van der Waals surface area contributed by atoms with E-state index >= 15 is 0 Å². The summed E-state index contributed by atoms with van der Waals surface area (Å²) < 4.78 is 32.3. The normalized spacial score (nSPS) is 30.6. The lowest BCUT2D eigenvalue weighted by molar-refractivity contribution is -0.173. The maximum absolute atomic E-state index is 13.4. The molecule has 4 heteroatoms. The fourth-order valence-corrected chi connectivity index (χ4v) is 2.33. The molecule has 1 aliphatic rings. The highest BCUT2D eigenvalue weighted by Gasteiger charge is 2.58. The number of rotatable bonds is 4. The fourth-order valence-electron chi connectivity index (χ4n) is 2.33. The average molecular weight is 256 g/mol. The molecule has 0 unspecified atom stereocenters. The monoisotopic (exact) mass is 256 g/mol. The number of alkyl halides is 2. The van der Waals surface area contributed by atoms with E-state index in [1.165, 1.54) is 6.92 Å². The average Bonchev–Trinajstić information content (AvgIpc) is 2.53. The van der Waals surface area contributed by atoms with Crippen molar-refractivity contribution in [2.45, 2.75) is 37.9 Å². The molecule has 0 aromatic heterocycles. The van der Waals surface area contributed by atoms with Crippen LogP contribution in [-0.2, 0) is 11.3 Å². The molecule has 1 aliphatic carbocycles. The summed E-state index contributed by atoms with van der Waals surface area (Å²) in [5.74, 6) is -3.51. The minimum Gasteiger partial charge on any atom is -0.384 e.